The maximum Gasteiger partial charge on any atom is 0.290 e. The van der Waals surface area contributed by atoms with Crippen molar-refractivity contribution in [1.29, 1.82) is 0 Å². The largest absolute Gasteiger partial charge is 0.351 e. The summed E-state index contributed by atoms with van der Waals surface area (Å²) in [6, 6.07) is 2.11. The molecule has 2 rings (SSSR count). The zero-order chi connectivity index (χ0) is 13.1. The predicted octanol–water partition coefficient (Wildman–Crippen LogP) is 1.90. The third-order valence-corrected chi connectivity index (χ3v) is 3.21. The van der Waals surface area contributed by atoms with E-state index >= 15 is 0 Å². The summed E-state index contributed by atoms with van der Waals surface area (Å²) >= 11 is 0. The molecule has 6 heteroatoms. The van der Waals surface area contributed by atoms with Gasteiger partial charge in [-0.15, -0.1) is 12.4 Å². The molecule has 0 bridgehead atoms. The lowest BCUT2D eigenvalue weighted by molar-refractivity contribution is 0.0900. The van der Waals surface area contributed by atoms with Crippen molar-refractivity contribution in [3.63, 3.8) is 0 Å². The summed E-state index contributed by atoms with van der Waals surface area (Å²) in [7, 11) is 0. The molecule has 0 unspecified atom stereocenters. The standard InChI is InChI=1S/C13H21N3O2.ClH/c1-8(2)5-11-7-12(18-16-11)13(17)15-10-4-3-9(14)6-10;/h7-10H,3-6,14H2,1-2H3,(H,15,17);1H/t9-,10-;/m1./s1. The van der Waals surface area contributed by atoms with Crippen molar-refractivity contribution in [1.82, 2.24) is 10.5 Å². The molecule has 19 heavy (non-hydrogen) atoms. The quantitative estimate of drug-likeness (QED) is 0.886. The van der Waals surface area contributed by atoms with Crippen LogP contribution in [0.4, 0.5) is 0 Å². The molecular weight excluding hydrogens is 266 g/mol. The van der Waals surface area contributed by atoms with E-state index in [-0.39, 0.29) is 30.4 Å². The van der Waals surface area contributed by atoms with Gasteiger partial charge in [0.1, 0.15) is 0 Å². The van der Waals surface area contributed by atoms with Gasteiger partial charge in [-0.3, -0.25) is 4.79 Å². The molecule has 1 aromatic heterocycles. The summed E-state index contributed by atoms with van der Waals surface area (Å²) in [6.45, 7) is 4.21. The van der Waals surface area contributed by atoms with Crippen molar-refractivity contribution in [2.45, 2.75) is 51.6 Å². The number of aromatic nitrogens is 1. The number of halogens is 1. The van der Waals surface area contributed by atoms with Crippen molar-refractivity contribution < 1.29 is 9.32 Å². The Morgan fingerprint density at radius 2 is 2.32 bits per heavy atom. The van der Waals surface area contributed by atoms with Gasteiger partial charge in [0.25, 0.3) is 5.91 Å². The minimum Gasteiger partial charge on any atom is -0.351 e. The third kappa shape index (κ3) is 4.51. The first-order chi connectivity index (χ1) is 8.54. The highest BCUT2D eigenvalue weighted by Crippen LogP contribution is 2.18. The zero-order valence-corrected chi connectivity index (χ0v) is 12.2. The first kappa shape index (κ1) is 16.0. The van der Waals surface area contributed by atoms with Crippen molar-refractivity contribution in [3.8, 4) is 0 Å². The third-order valence-electron chi connectivity index (χ3n) is 3.21. The van der Waals surface area contributed by atoms with Gasteiger partial charge in [-0.1, -0.05) is 19.0 Å². The van der Waals surface area contributed by atoms with E-state index in [1.807, 2.05) is 0 Å². The number of nitrogens with two attached hydrogens (primary N) is 1. The highest BCUT2D eigenvalue weighted by atomic mass is 35.5. The van der Waals surface area contributed by atoms with E-state index in [1.54, 1.807) is 6.07 Å². The molecule has 1 aliphatic rings. The second kappa shape index (κ2) is 6.91. The highest BCUT2D eigenvalue weighted by Gasteiger charge is 2.24. The van der Waals surface area contributed by atoms with Crippen LogP contribution < -0.4 is 11.1 Å². The molecule has 1 aromatic rings. The number of carbonyl (C=O) groups excluding carboxylic acids is 1. The van der Waals surface area contributed by atoms with Gasteiger partial charge in [-0.2, -0.15) is 0 Å². The lowest BCUT2D eigenvalue weighted by Crippen LogP contribution is -2.33. The normalized spacial score (nSPS) is 22.3. The van der Waals surface area contributed by atoms with Gasteiger partial charge in [0.15, 0.2) is 0 Å². The summed E-state index contributed by atoms with van der Waals surface area (Å²) in [6.07, 6.45) is 3.59. The Morgan fingerprint density at radius 1 is 1.58 bits per heavy atom. The van der Waals surface area contributed by atoms with Crippen molar-refractivity contribution in [2.75, 3.05) is 0 Å². The van der Waals surface area contributed by atoms with Crippen LogP contribution in [0.15, 0.2) is 10.6 Å². The van der Waals surface area contributed by atoms with Crippen molar-refractivity contribution >= 4 is 18.3 Å². The molecule has 2 atom stereocenters. The van der Waals surface area contributed by atoms with E-state index in [2.05, 4.69) is 24.3 Å². The maximum absolute atomic E-state index is 11.9. The molecule has 0 aliphatic heterocycles. The Balaban J connectivity index is 0.00000180. The number of hydrogen-bond donors (Lipinski definition) is 2. The molecule has 5 nitrogen and oxygen atoms in total. The van der Waals surface area contributed by atoms with Gasteiger partial charge in [-0.05, 0) is 31.6 Å². The monoisotopic (exact) mass is 287 g/mol. The summed E-state index contributed by atoms with van der Waals surface area (Å²) in [5, 5.41) is 6.85. The van der Waals surface area contributed by atoms with Crippen LogP contribution in [-0.4, -0.2) is 23.1 Å². The van der Waals surface area contributed by atoms with E-state index in [9.17, 15) is 4.79 Å². The number of hydrogen-bond acceptors (Lipinski definition) is 4. The number of nitrogens with one attached hydrogen (secondary N) is 1. The topological polar surface area (TPSA) is 81.2 Å². The minimum atomic E-state index is -0.184. The first-order valence-electron chi connectivity index (χ1n) is 6.56. The summed E-state index contributed by atoms with van der Waals surface area (Å²) in [4.78, 5) is 11.9. The Hall–Kier alpha value is -1.07. The maximum atomic E-state index is 11.9. The van der Waals surface area contributed by atoms with Gasteiger partial charge >= 0.3 is 0 Å². The number of carbonyl (C=O) groups is 1. The van der Waals surface area contributed by atoms with Gasteiger partial charge < -0.3 is 15.6 Å². The fraction of sp³-hybridized carbons (Fsp3) is 0.692. The van der Waals surface area contributed by atoms with E-state index < -0.39 is 0 Å². The molecule has 3 N–H and O–H groups in total. The fourth-order valence-electron chi connectivity index (χ4n) is 2.34. The molecule has 1 amide bonds. The molecule has 1 heterocycles. The predicted molar refractivity (Wildman–Crippen MR) is 75.4 cm³/mol. The summed E-state index contributed by atoms with van der Waals surface area (Å²) < 4.78 is 5.07. The fourth-order valence-corrected chi connectivity index (χ4v) is 2.34. The average Bonchev–Trinajstić information content (AvgIpc) is 2.87. The molecule has 0 radical (unpaired) electrons. The van der Waals surface area contributed by atoms with Crippen LogP contribution >= 0.6 is 12.4 Å². The van der Waals surface area contributed by atoms with Crippen LogP contribution in [-0.2, 0) is 6.42 Å². The van der Waals surface area contributed by atoms with Crippen LogP contribution in [0.5, 0.6) is 0 Å². The van der Waals surface area contributed by atoms with E-state index in [1.165, 1.54) is 0 Å². The second-order valence-electron chi connectivity index (χ2n) is 5.52. The molecule has 0 aromatic carbocycles. The highest BCUT2D eigenvalue weighted by molar-refractivity contribution is 5.91. The smallest absolute Gasteiger partial charge is 0.290 e. The number of rotatable bonds is 4. The minimum absolute atomic E-state index is 0. The molecule has 0 saturated heterocycles. The Bertz CT molecular complexity index is 420. The van der Waals surface area contributed by atoms with Crippen LogP contribution in [0, 0.1) is 5.92 Å². The van der Waals surface area contributed by atoms with Crippen LogP contribution in [0.1, 0.15) is 49.4 Å². The van der Waals surface area contributed by atoms with E-state index in [4.69, 9.17) is 10.3 Å². The molecule has 1 fully saturated rings. The SMILES string of the molecule is CC(C)Cc1cc(C(=O)N[C@@H]2CC[C@@H](N)C2)on1.Cl. The Kier molecular flexibility index (Phi) is 5.82. The lowest BCUT2D eigenvalue weighted by Gasteiger charge is -2.10. The van der Waals surface area contributed by atoms with E-state index in [0.717, 1.165) is 31.4 Å². The summed E-state index contributed by atoms with van der Waals surface area (Å²) in [5.41, 5.74) is 6.64. The molecule has 108 valence electrons. The van der Waals surface area contributed by atoms with Gasteiger partial charge in [-0.25, -0.2) is 0 Å². The molecule has 1 aliphatic carbocycles. The van der Waals surface area contributed by atoms with Crippen LogP contribution in [0.25, 0.3) is 0 Å². The average molecular weight is 288 g/mol. The second-order valence-corrected chi connectivity index (χ2v) is 5.52. The molecular formula is C13H22ClN3O2. The van der Waals surface area contributed by atoms with Gasteiger partial charge in [0.05, 0.1) is 5.69 Å². The van der Waals surface area contributed by atoms with E-state index in [0.29, 0.717) is 11.7 Å². The van der Waals surface area contributed by atoms with Crippen molar-refractivity contribution in [3.05, 3.63) is 17.5 Å². The zero-order valence-electron chi connectivity index (χ0n) is 11.4. The van der Waals surface area contributed by atoms with Gasteiger partial charge in [0, 0.05) is 18.2 Å². The molecule has 1 saturated carbocycles. The summed E-state index contributed by atoms with van der Waals surface area (Å²) in [5.74, 6) is 0.613. The van der Waals surface area contributed by atoms with Crippen LogP contribution in [0.3, 0.4) is 0 Å². The number of amides is 1. The lowest BCUT2D eigenvalue weighted by atomic mass is 10.1. The molecule has 0 spiro atoms. The Morgan fingerprint density at radius 3 is 2.89 bits per heavy atom. The van der Waals surface area contributed by atoms with Gasteiger partial charge in [0.2, 0.25) is 5.76 Å². The number of nitrogens with zero attached hydrogens (tertiary/aromatic N) is 1. The van der Waals surface area contributed by atoms with Crippen molar-refractivity contribution in [2.24, 2.45) is 11.7 Å². The Labute approximate surface area is 119 Å². The first-order valence-corrected chi connectivity index (χ1v) is 6.56. The van der Waals surface area contributed by atoms with Crippen LogP contribution in [0.2, 0.25) is 0 Å².